The molecule has 0 N–H and O–H groups in total. The predicted molar refractivity (Wildman–Crippen MR) is 70.0 cm³/mol. The maximum atomic E-state index is 10.6. The molecule has 2 rings (SSSR count). The maximum Gasteiger partial charge on any atom is 0.288 e. The third-order valence-corrected chi connectivity index (χ3v) is 2.61. The molecule has 98 valence electrons. The normalized spacial score (nSPS) is 10.3. The lowest BCUT2D eigenvalue weighted by Gasteiger charge is -2.06. The van der Waals surface area contributed by atoms with Gasteiger partial charge >= 0.3 is 0 Å². The second kappa shape index (κ2) is 5.38. The predicted octanol–water partition coefficient (Wildman–Crippen LogP) is 3.79. The number of benzene rings is 1. The van der Waals surface area contributed by atoms with Crippen molar-refractivity contribution in [3.05, 3.63) is 50.4 Å². The topological polar surface area (TPSA) is 78.2 Å². The molecule has 0 unspecified atom stereocenters. The number of aryl methyl sites for hydroxylation is 1. The first-order chi connectivity index (χ1) is 8.95. The van der Waals surface area contributed by atoms with Gasteiger partial charge < -0.3 is 4.74 Å². The summed E-state index contributed by atoms with van der Waals surface area (Å²) in [6.07, 6.45) is 0. The van der Waals surface area contributed by atoms with Gasteiger partial charge in [0.05, 0.1) is 4.92 Å². The minimum Gasteiger partial charge on any atom is -0.439 e. The van der Waals surface area contributed by atoms with Crippen LogP contribution in [0, 0.1) is 17.0 Å². The minimum atomic E-state index is -0.572. The second-order valence-electron chi connectivity index (χ2n) is 3.59. The Kier molecular flexibility index (Phi) is 3.82. The summed E-state index contributed by atoms with van der Waals surface area (Å²) in [5.41, 5.74) is 0.453. The number of nitro groups is 1. The molecule has 0 saturated carbocycles. The molecule has 0 atom stereocenters. The van der Waals surface area contributed by atoms with Gasteiger partial charge in [-0.15, -0.1) is 0 Å². The Labute approximate surface area is 118 Å². The van der Waals surface area contributed by atoms with Crippen molar-refractivity contribution in [1.82, 2.24) is 9.97 Å². The van der Waals surface area contributed by atoms with Crippen molar-refractivity contribution >= 4 is 28.9 Å². The van der Waals surface area contributed by atoms with E-state index in [-0.39, 0.29) is 21.9 Å². The van der Waals surface area contributed by atoms with Crippen molar-refractivity contribution in [2.24, 2.45) is 0 Å². The van der Waals surface area contributed by atoms with Crippen LogP contribution < -0.4 is 4.74 Å². The molecule has 0 fully saturated rings. The van der Waals surface area contributed by atoms with Crippen LogP contribution in [0.2, 0.25) is 10.3 Å². The number of hydrogen-bond acceptors (Lipinski definition) is 5. The SMILES string of the molecule is Cc1cc(Oc2ccc([N+](=O)[O-])c(Cl)c2)nc(Cl)n1. The number of halogens is 2. The Hall–Kier alpha value is -1.92. The Morgan fingerprint density at radius 2 is 2.00 bits per heavy atom. The largest absolute Gasteiger partial charge is 0.439 e. The summed E-state index contributed by atoms with van der Waals surface area (Å²) in [7, 11) is 0. The first kappa shape index (κ1) is 13.5. The zero-order valence-corrected chi connectivity index (χ0v) is 11.1. The van der Waals surface area contributed by atoms with E-state index >= 15 is 0 Å². The maximum absolute atomic E-state index is 10.6. The van der Waals surface area contributed by atoms with Crippen LogP contribution in [0.15, 0.2) is 24.3 Å². The molecule has 0 spiro atoms. The van der Waals surface area contributed by atoms with Gasteiger partial charge in [-0.2, -0.15) is 4.98 Å². The summed E-state index contributed by atoms with van der Waals surface area (Å²) < 4.78 is 5.41. The lowest BCUT2D eigenvalue weighted by molar-refractivity contribution is -0.384. The van der Waals surface area contributed by atoms with E-state index < -0.39 is 4.92 Å². The van der Waals surface area contributed by atoms with Crippen LogP contribution in [0.25, 0.3) is 0 Å². The summed E-state index contributed by atoms with van der Waals surface area (Å²) in [6.45, 7) is 1.74. The average Bonchev–Trinajstić information content (AvgIpc) is 2.26. The van der Waals surface area contributed by atoms with Gasteiger partial charge in [0.15, 0.2) is 0 Å². The highest BCUT2D eigenvalue weighted by Gasteiger charge is 2.13. The fourth-order valence-electron chi connectivity index (χ4n) is 1.38. The molecule has 6 nitrogen and oxygen atoms in total. The van der Waals surface area contributed by atoms with Crippen molar-refractivity contribution in [2.45, 2.75) is 6.92 Å². The highest BCUT2D eigenvalue weighted by atomic mass is 35.5. The van der Waals surface area contributed by atoms with E-state index in [1.807, 2.05) is 0 Å². The first-order valence-corrected chi connectivity index (χ1v) is 5.84. The molecule has 2 aromatic rings. The third-order valence-electron chi connectivity index (χ3n) is 2.14. The second-order valence-corrected chi connectivity index (χ2v) is 4.33. The van der Waals surface area contributed by atoms with E-state index in [9.17, 15) is 10.1 Å². The molecule has 0 aliphatic carbocycles. The highest BCUT2D eigenvalue weighted by Crippen LogP contribution is 2.30. The van der Waals surface area contributed by atoms with Gasteiger partial charge in [0.25, 0.3) is 5.69 Å². The number of ether oxygens (including phenoxy) is 1. The molecule has 0 radical (unpaired) electrons. The monoisotopic (exact) mass is 299 g/mol. The van der Waals surface area contributed by atoms with Gasteiger partial charge in [0.2, 0.25) is 11.2 Å². The van der Waals surface area contributed by atoms with Crippen LogP contribution in [0.4, 0.5) is 5.69 Å². The van der Waals surface area contributed by atoms with E-state index in [1.54, 1.807) is 13.0 Å². The van der Waals surface area contributed by atoms with Crippen LogP contribution in [0.3, 0.4) is 0 Å². The third kappa shape index (κ3) is 3.30. The summed E-state index contributed by atoms with van der Waals surface area (Å²) in [5, 5.41) is 10.7. The van der Waals surface area contributed by atoms with E-state index in [1.165, 1.54) is 18.2 Å². The Balaban J connectivity index is 2.28. The fourth-order valence-corrected chi connectivity index (χ4v) is 1.83. The van der Waals surface area contributed by atoms with Crippen molar-refractivity contribution in [2.75, 3.05) is 0 Å². The Morgan fingerprint density at radius 3 is 2.58 bits per heavy atom. The van der Waals surface area contributed by atoms with Crippen molar-refractivity contribution in [3.8, 4) is 11.6 Å². The average molecular weight is 300 g/mol. The zero-order chi connectivity index (χ0) is 14.0. The molecule has 0 saturated heterocycles. The highest BCUT2D eigenvalue weighted by molar-refractivity contribution is 6.32. The first-order valence-electron chi connectivity index (χ1n) is 5.08. The van der Waals surface area contributed by atoms with Crippen LogP contribution in [0.5, 0.6) is 11.6 Å². The van der Waals surface area contributed by atoms with Gasteiger partial charge in [-0.1, -0.05) is 11.6 Å². The number of aromatic nitrogens is 2. The number of nitro benzene ring substituents is 1. The lowest BCUT2D eigenvalue weighted by Crippen LogP contribution is -1.94. The van der Waals surface area contributed by atoms with E-state index in [0.29, 0.717) is 11.4 Å². The summed E-state index contributed by atoms with van der Waals surface area (Å²) in [6, 6.07) is 5.61. The van der Waals surface area contributed by atoms with Gasteiger partial charge in [-0.3, -0.25) is 10.1 Å². The molecule has 1 heterocycles. The molecule has 1 aromatic heterocycles. The van der Waals surface area contributed by atoms with Crippen molar-refractivity contribution in [3.63, 3.8) is 0 Å². The molecule has 19 heavy (non-hydrogen) atoms. The molecular formula is C11H7Cl2N3O3. The lowest BCUT2D eigenvalue weighted by atomic mass is 10.3. The van der Waals surface area contributed by atoms with Crippen LogP contribution in [-0.4, -0.2) is 14.9 Å². The molecule has 0 aliphatic rings. The molecular weight excluding hydrogens is 293 g/mol. The van der Waals surface area contributed by atoms with Crippen molar-refractivity contribution < 1.29 is 9.66 Å². The number of hydrogen-bond donors (Lipinski definition) is 0. The van der Waals surface area contributed by atoms with Gasteiger partial charge in [0.1, 0.15) is 10.8 Å². The van der Waals surface area contributed by atoms with Crippen LogP contribution >= 0.6 is 23.2 Å². The standard InChI is InChI=1S/C11H7Cl2N3O3/c1-6-4-10(15-11(13)14-6)19-7-2-3-9(16(17)18)8(12)5-7/h2-5H,1H3. The molecule has 0 amide bonds. The summed E-state index contributed by atoms with van der Waals surface area (Å²) >= 11 is 11.5. The molecule has 8 heteroatoms. The van der Waals surface area contributed by atoms with Crippen LogP contribution in [-0.2, 0) is 0 Å². The molecule has 0 aliphatic heterocycles. The fraction of sp³-hybridized carbons (Fsp3) is 0.0909. The van der Waals surface area contributed by atoms with E-state index in [2.05, 4.69) is 9.97 Å². The Morgan fingerprint density at radius 1 is 1.26 bits per heavy atom. The summed E-state index contributed by atoms with van der Waals surface area (Å²) in [5.74, 6) is 0.562. The van der Waals surface area contributed by atoms with Crippen molar-refractivity contribution in [1.29, 1.82) is 0 Å². The Bertz CT molecular complexity index is 629. The van der Waals surface area contributed by atoms with Gasteiger partial charge in [-0.05, 0) is 24.6 Å². The van der Waals surface area contributed by atoms with E-state index in [0.717, 1.165) is 0 Å². The van der Waals surface area contributed by atoms with Gasteiger partial charge in [0, 0.05) is 23.9 Å². The number of nitrogens with zero attached hydrogens (tertiary/aromatic N) is 3. The molecule has 0 bridgehead atoms. The minimum absolute atomic E-state index is 0.0145. The zero-order valence-electron chi connectivity index (χ0n) is 9.63. The quantitative estimate of drug-likeness (QED) is 0.489. The number of rotatable bonds is 3. The summed E-state index contributed by atoms with van der Waals surface area (Å²) in [4.78, 5) is 17.8. The van der Waals surface area contributed by atoms with Crippen LogP contribution in [0.1, 0.15) is 5.69 Å². The van der Waals surface area contributed by atoms with Gasteiger partial charge in [-0.25, -0.2) is 4.98 Å². The molecule has 1 aromatic carbocycles. The smallest absolute Gasteiger partial charge is 0.288 e. The van der Waals surface area contributed by atoms with E-state index in [4.69, 9.17) is 27.9 Å².